The van der Waals surface area contributed by atoms with Crippen LogP contribution in [0.5, 0.6) is 0 Å². The van der Waals surface area contributed by atoms with Crippen molar-refractivity contribution in [2.24, 2.45) is 11.8 Å². The Hall–Kier alpha value is -0.790. The first-order valence-corrected chi connectivity index (χ1v) is 3.11. The minimum Gasteiger partial charge on any atom is -0.481 e. The number of carboxylic acid groups (broad SMARTS) is 1. The third-order valence-electron chi connectivity index (χ3n) is 1.60. The summed E-state index contributed by atoms with van der Waals surface area (Å²) >= 11 is 0. The number of allylic oxidation sites excluding steroid dienone is 2. The van der Waals surface area contributed by atoms with E-state index in [0.717, 1.165) is 6.42 Å². The molecule has 0 amide bonds. The molecule has 2 heteroatoms. The van der Waals surface area contributed by atoms with Crippen LogP contribution in [0.2, 0.25) is 0 Å². The van der Waals surface area contributed by atoms with Crippen molar-refractivity contribution < 1.29 is 9.90 Å². The molecule has 0 radical (unpaired) electrons. The van der Waals surface area contributed by atoms with E-state index in [-0.39, 0.29) is 5.92 Å². The fourth-order valence-corrected chi connectivity index (χ4v) is 0.958. The van der Waals surface area contributed by atoms with Crippen LogP contribution in [-0.2, 0) is 4.79 Å². The van der Waals surface area contributed by atoms with Crippen molar-refractivity contribution in [2.75, 3.05) is 0 Å². The van der Waals surface area contributed by atoms with Gasteiger partial charge in [-0.05, 0) is 19.3 Å². The van der Waals surface area contributed by atoms with E-state index >= 15 is 0 Å². The Morgan fingerprint density at radius 2 is 2.44 bits per heavy atom. The zero-order valence-electron chi connectivity index (χ0n) is 5.37. The SMILES string of the molecule is C/C=C\[C@@H]1C[C@@H]1C(=O)O. The highest BCUT2D eigenvalue weighted by atomic mass is 16.4. The predicted molar refractivity (Wildman–Crippen MR) is 34.0 cm³/mol. The van der Waals surface area contributed by atoms with Crippen molar-refractivity contribution in [3.05, 3.63) is 12.2 Å². The lowest BCUT2D eigenvalue weighted by atomic mass is 10.3. The van der Waals surface area contributed by atoms with Crippen LogP contribution in [0.1, 0.15) is 13.3 Å². The number of aliphatic carboxylic acids is 1. The molecule has 0 saturated heterocycles. The van der Waals surface area contributed by atoms with Crippen LogP contribution < -0.4 is 0 Å². The summed E-state index contributed by atoms with van der Waals surface area (Å²) in [6.07, 6.45) is 4.70. The Labute approximate surface area is 54.2 Å². The Morgan fingerprint density at radius 1 is 1.78 bits per heavy atom. The van der Waals surface area contributed by atoms with E-state index in [1.54, 1.807) is 0 Å². The molecule has 0 aromatic heterocycles. The van der Waals surface area contributed by atoms with Crippen molar-refractivity contribution in [3.63, 3.8) is 0 Å². The molecule has 1 N–H and O–H groups in total. The molecular formula is C7H10O2. The number of hydrogen-bond acceptors (Lipinski definition) is 1. The Morgan fingerprint density at radius 3 is 2.78 bits per heavy atom. The van der Waals surface area contributed by atoms with Gasteiger partial charge in [-0.1, -0.05) is 12.2 Å². The lowest BCUT2D eigenvalue weighted by Crippen LogP contribution is -1.97. The molecule has 0 aromatic rings. The van der Waals surface area contributed by atoms with Gasteiger partial charge < -0.3 is 5.11 Å². The molecule has 0 aromatic carbocycles. The first kappa shape index (κ1) is 6.33. The van der Waals surface area contributed by atoms with Gasteiger partial charge in [0.2, 0.25) is 0 Å². The summed E-state index contributed by atoms with van der Waals surface area (Å²) in [6, 6.07) is 0. The Kier molecular flexibility index (Phi) is 1.56. The normalized spacial score (nSPS) is 33.0. The molecule has 1 fully saturated rings. The van der Waals surface area contributed by atoms with Crippen molar-refractivity contribution in [3.8, 4) is 0 Å². The largest absolute Gasteiger partial charge is 0.481 e. The topological polar surface area (TPSA) is 37.3 Å². The molecule has 0 aliphatic heterocycles. The molecule has 9 heavy (non-hydrogen) atoms. The number of hydrogen-bond donors (Lipinski definition) is 1. The fraction of sp³-hybridized carbons (Fsp3) is 0.571. The highest BCUT2D eigenvalue weighted by Crippen LogP contribution is 2.39. The standard InChI is InChI=1S/C7H10O2/c1-2-3-5-4-6(5)7(8)9/h2-3,5-6H,4H2,1H3,(H,8,9)/b3-2-/t5-,6+/m1/s1. The lowest BCUT2D eigenvalue weighted by Gasteiger charge is -1.82. The van der Waals surface area contributed by atoms with Crippen LogP contribution in [0.4, 0.5) is 0 Å². The second-order valence-electron chi connectivity index (χ2n) is 2.37. The monoisotopic (exact) mass is 126 g/mol. The van der Waals surface area contributed by atoms with Gasteiger partial charge in [0.1, 0.15) is 0 Å². The summed E-state index contributed by atoms with van der Waals surface area (Å²) in [7, 11) is 0. The van der Waals surface area contributed by atoms with Gasteiger partial charge in [-0.2, -0.15) is 0 Å². The first-order valence-electron chi connectivity index (χ1n) is 3.11. The van der Waals surface area contributed by atoms with E-state index in [0.29, 0.717) is 5.92 Å². The van der Waals surface area contributed by atoms with Crippen molar-refractivity contribution in [2.45, 2.75) is 13.3 Å². The zero-order valence-corrected chi connectivity index (χ0v) is 5.37. The highest BCUT2D eigenvalue weighted by molar-refractivity contribution is 5.73. The van der Waals surface area contributed by atoms with Gasteiger partial charge >= 0.3 is 5.97 Å². The van der Waals surface area contributed by atoms with Gasteiger partial charge in [0, 0.05) is 0 Å². The van der Waals surface area contributed by atoms with Crippen molar-refractivity contribution >= 4 is 5.97 Å². The van der Waals surface area contributed by atoms with Crippen LogP contribution in [0, 0.1) is 11.8 Å². The maximum Gasteiger partial charge on any atom is 0.307 e. The van der Waals surface area contributed by atoms with Gasteiger partial charge in [-0.25, -0.2) is 0 Å². The summed E-state index contributed by atoms with van der Waals surface area (Å²) in [5.74, 6) is -0.410. The average molecular weight is 126 g/mol. The maximum absolute atomic E-state index is 10.2. The second kappa shape index (κ2) is 2.21. The molecule has 0 spiro atoms. The number of carbonyl (C=O) groups is 1. The third-order valence-corrected chi connectivity index (χ3v) is 1.60. The lowest BCUT2D eigenvalue weighted by molar-refractivity contribution is -0.138. The molecule has 1 rings (SSSR count). The van der Waals surface area contributed by atoms with Gasteiger partial charge in [0.05, 0.1) is 5.92 Å². The molecule has 2 atom stereocenters. The van der Waals surface area contributed by atoms with E-state index < -0.39 is 5.97 Å². The van der Waals surface area contributed by atoms with Crippen molar-refractivity contribution in [1.82, 2.24) is 0 Å². The minimum absolute atomic E-state index is 0.0822. The van der Waals surface area contributed by atoms with Gasteiger partial charge in [0.25, 0.3) is 0 Å². The molecule has 0 unspecified atom stereocenters. The predicted octanol–water partition coefficient (Wildman–Crippen LogP) is 1.28. The van der Waals surface area contributed by atoms with E-state index in [2.05, 4.69) is 0 Å². The molecule has 1 aliphatic rings. The van der Waals surface area contributed by atoms with Crippen LogP contribution in [0.3, 0.4) is 0 Å². The number of rotatable bonds is 2. The minimum atomic E-state index is -0.655. The van der Waals surface area contributed by atoms with E-state index in [1.807, 2.05) is 19.1 Å². The first-order chi connectivity index (χ1) is 4.25. The molecule has 1 saturated carbocycles. The van der Waals surface area contributed by atoms with E-state index in [9.17, 15) is 4.79 Å². The summed E-state index contributed by atoms with van der Waals surface area (Å²) in [4.78, 5) is 10.2. The summed E-state index contributed by atoms with van der Waals surface area (Å²) in [6.45, 7) is 1.91. The van der Waals surface area contributed by atoms with Crippen LogP contribution in [0.25, 0.3) is 0 Å². The van der Waals surface area contributed by atoms with Crippen LogP contribution in [-0.4, -0.2) is 11.1 Å². The fourth-order valence-electron chi connectivity index (χ4n) is 0.958. The quantitative estimate of drug-likeness (QED) is 0.566. The van der Waals surface area contributed by atoms with Gasteiger partial charge in [-0.3, -0.25) is 4.79 Å². The smallest absolute Gasteiger partial charge is 0.307 e. The van der Waals surface area contributed by atoms with Gasteiger partial charge in [-0.15, -0.1) is 0 Å². The van der Waals surface area contributed by atoms with Gasteiger partial charge in [0.15, 0.2) is 0 Å². The third kappa shape index (κ3) is 1.31. The van der Waals surface area contributed by atoms with E-state index in [4.69, 9.17) is 5.11 Å². The zero-order chi connectivity index (χ0) is 6.85. The maximum atomic E-state index is 10.2. The molecule has 0 heterocycles. The Bertz CT molecular complexity index is 149. The molecule has 1 aliphatic carbocycles. The molecular weight excluding hydrogens is 116 g/mol. The average Bonchev–Trinajstić information content (AvgIpc) is 2.47. The molecule has 50 valence electrons. The summed E-state index contributed by atoms with van der Waals surface area (Å²) < 4.78 is 0. The summed E-state index contributed by atoms with van der Waals surface area (Å²) in [5, 5.41) is 8.42. The van der Waals surface area contributed by atoms with Crippen LogP contribution >= 0.6 is 0 Å². The van der Waals surface area contributed by atoms with Crippen molar-refractivity contribution in [1.29, 1.82) is 0 Å². The van der Waals surface area contributed by atoms with Crippen LogP contribution in [0.15, 0.2) is 12.2 Å². The highest BCUT2D eigenvalue weighted by Gasteiger charge is 2.40. The molecule has 2 nitrogen and oxygen atoms in total. The summed E-state index contributed by atoms with van der Waals surface area (Å²) in [5.41, 5.74) is 0. The van der Waals surface area contributed by atoms with E-state index in [1.165, 1.54) is 0 Å². The molecule has 0 bridgehead atoms. The Balaban J connectivity index is 2.33. The second-order valence-corrected chi connectivity index (χ2v) is 2.37. The number of carboxylic acids is 1.